The zero-order chi connectivity index (χ0) is 9.59. The molecule has 0 bridgehead atoms. The van der Waals surface area contributed by atoms with Gasteiger partial charge in [0.2, 0.25) is 0 Å². The molecule has 68 valence electrons. The Hall–Kier alpha value is -1.58. The Morgan fingerprint density at radius 1 is 1.31 bits per heavy atom. The first-order valence-corrected chi connectivity index (χ1v) is 4.18. The van der Waals surface area contributed by atoms with Gasteiger partial charge in [0.15, 0.2) is 5.65 Å². The molecule has 0 fully saturated rings. The van der Waals surface area contributed by atoms with E-state index in [1.165, 1.54) is 0 Å². The molecule has 2 aromatic heterocycles. The van der Waals surface area contributed by atoms with Crippen LogP contribution in [-0.4, -0.2) is 14.6 Å². The van der Waals surface area contributed by atoms with Crippen LogP contribution in [0.25, 0.3) is 5.65 Å². The van der Waals surface area contributed by atoms with Gasteiger partial charge in [-0.15, -0.1) is 0 Å². The SMILES string of the molecule is Cc1cc(N)n2nc(C)c(C)c2n1. The zero-order valence-electron chi connectivity index (χ0n) is 8.00. The molecule has 2 rings (SSSR count). The summed E-state index contributed by atoms with van der Waals surface area (Å²) in [6.07, 6.45) is 0. The van der Waals surface area contributed by atoms with Gasteiger partial charge in [-0.1, -0.05) is 0 Å². The molecule has 2 heterocycles. The van der Waals surface area contributed by atoms with E-state index in [9.17, 15) is 0 Å². The van der Waals surface area contributed by atoms with Gasteiger partial charge >= 0.3 is 0 Å². The zero-order valence-corrected chi connectivity index (χ0v) is 8.00. The predicted octanol–water partition coefficient (Wildman–Crippen LogP) is 1.24. The molecule has 0 saturated heterocycles. The molecule has 0 saturated carbocycles. The van der Waals surface area contributed by atoms with Gasteiger partial charge in [-0.05, 0) is 20.8 Å². The number of nitrogen functional groups attached to an aromatic ring is 1. The van der Waals surface area contributed by atoms with Gasteiger partial charge in [0, 0.05) is 17.3 Å². The molecule has 0 radical (unpaired) electrons. The maximum absolute atomic E-state index is 5.80. The Balaban J connectivity index is 2.94. The Bertz CT molecular complexity index is 470. The van der Waals surface area contributed by atoms with E-state index in [0.717, 1.165) is 22.6 Å². The average molecular weight is 176 g/mol. The second-order valence-electron chi connectivity index (χ2n) is 3.27. The minimum absolute atomic E-state index is 0.638. The molecular weight excluding hydrogens is 164 g/mol. The lowest BCUT2D eigenvalue weighted by Crippen LogP contribution is -2.01. The molecule has 2 N–H and O–H groups in total. The Morgan fingerprint density at radius 2 is 2.00 bits per heavy atom. The number of nitrogens with zero attached hydrogens (tertiary/aromatic N) is 3. The summed E-state index contributed by atoms with van der Waals surface area (Å²) in [7, 11) is 0. The normalized spacial score (nSPS) is 11.0. The fourth-order valence-corrected chi connectivity index (χ4v) is 1.38. The molecule has 13 heavy (non-hydrogen) atoms. The molecule has 0 atom stereocenters. The van der Waals surface area contributed by atoms with E-state index in [2.05, 4.69) is 10.1 Å². The van der Waals surface area contributed by atoms with E-state index in [1.807, 2.05) is 26.8 Å². The Kier molecular flexibility index (Phi) is 1.52. The topological polar surface area (TPSA) is 56.2 Å². The van der Waals surface area contributed by atoms with Crippen molar-refractivity contribution in [3.63, 3.8) is 0 Å². The van der Waals surface area contributed by atoms with Gasteiger partial charge < -0.3 is 5.73 Å². The minimum Gasteiger partial charge on any atom is -0.384 e. The van der Waals surface area contributed by atoms with Crippen LogP contribution in [0, 0.1) is 20.8 Å². The molecule has 0 aromatic carbocycles. The molecule has 0 unspecified atom stereocenters. The summed E-state index contributed by atoms with van der Waals surface area (Å²) in [6, 6.07) is 1.82. The van der Waals surface area contributed by atoms with E-state index < -0.39 is 0 Å². The molecule has 4 nitrogen and oxygen atoms in total. The summed E-state index contributed by atoms with van der Waals surface area (Å²) in [5.74, 6) is 0.638. The van der Waals surface area contributed by atoms with E-state index in [4.69, 9.17) is 5.73 Å². The first kappa shape index (κ1) is 8.04. The van der Waals surface area contributed by atoms with Crippen LogP contribution >= 0.6 is 0 Å². The third kappa shape index (κ3) is 1.06. The number of hydrogen-bond acceptors (Lipinski definition) is 3. The number of anilines is 1. The molecule has 0 aliphatic carbocycles. The highest BCUT2D eigenvalue weighted by atomic mass is 15.3. The van der Waals surface area contributed by atoms with Gasteiger partial charge in [0.25, 0.3) is 0 Å². The van der Waals surface area contributed by atoms with Crippen molar-refractivity contribution in [1.82, 2.24) is 14.6 Å². The summed E-state index contributed by atoms with van der Waals surface area (Å²) in [5.41, 5.74) is 9.65. The highest BCUT2D eigenvalue weighted by Crippen LogP contribution is 2.15. The van der Waals surface area contributed by atoms with E-state index in [1.54, 1.807) is 4.52 Å². The van der Waals surface area contributed by atoms with Crippen molar-refractivity contribution >= 4 is 11.5 Å². The number of nitrogens with two attached hydrogens (primary N) is 1. The van der Waals surface area contributed by atoms with Crippen molar-refractivity contribution in [1.29, 1.82) is 0 Å². The van der Waals surface area contributed by atoms with Gasteiger partial charge in [0.1, 0.15) is 5.82 Å². The summed E-state index contributed by atoms with van der Waals surface area (Å²) in [5, 5.41) is 4.28. The van der Waals surface area contributed by atoms with E-state index in [0.29, 0.717) is 5.82 Å². The minimum atomic E-state index is 0.638. The van der Waals surface area contributed by atoms with E-state index in [-0.39, 0.29) is 0 Å². The summed E-state index contributed by atoms with van der Waals surface area (Å²) in [6.45, 7) is 5.89. The van der Waals surface area contributed by atoms with Gasteiger partial charge in [-0.3, -0.25) is 0 Å². The second-order valence-corrected chi connectivity index (χ2v) is 3.27. The number of fused-ring (bicyclic) bond motifs is 1. The van der Waals surface area contributed by atoms with Crippen LogP contribution in [0.2, 0.25) is 0 Å². The average Bonchev–Trinajstić information content (AvgIpc) is 2.32. The van der Waals surface area contributed by atoms with Gasteiger partial charge in [0.05, 0.1) is 5.69 Å². The van der Waals surface area contributed by atoms with Crippen LogP contribution in [-0.2, 0) is 0 Å². The first-order chi connectivity index (χ1) is 6.09. The van der Waals surface area contributed by atoms with Crippen molar-refractivity contribution in [3.8, 4) is 0 Å². The standard InChI is InChI=1S/C9H12N4/c1-5-4-8(10)13-9(11-5)6(2)7(3)12-13/h4H,10H2,1-3H3. The molecule has 0 aliphatic rings. The van der Waals surface area contributed by atoms with Crippen molar-refractivity contribution in [2.24, 2.45) is 0 Å². The smallest absolute Gasteiger partial charge is 0.160 e. The third-order valence-electron chi connectivity index (χ3n) is 2.21. The molecule has 0 spiro atoms. The maximum Gasteiger partial charge on any atom is 0.160 e. The Morgan fingerprint density at radius 3 is 2.69 bits per heavy atom. The van der Waals surface area contributed by atoms with Crippen LogP contribution in [0.15, 0.2) is 6.07 Å². The van der Waals surface area contributed by atoms with Crippen molar-refractivity contribution in [2.45, 2.75) is 20.8 Å². The van der Waals surface area contributed by atoms with Gasteiger partial charge in [-0.2, -0.15) is 9.61 Å². The lowest BCUT2D eigenvalue weighted by atomic mass is 10.3. The summed E-state index contributed by atoms with van der Waals surface area (Å²) < 4.78 is 1.68. The lowest BCUT2D eigenvalue weighted by Gasteiger charge is -1.99. The van der Waals surface area contributed by atoms with Gasteiger partial charge in [-0.25, -0.2) is 4.98 Å². The molecular formula is C9H12N4. The van der Waals surface area contributed by atoms with Crippen LogP contribution in [0.3, 0.4) is 0 Å². The van der Waals surface area contributed by atoms with Crippen molar-refractivity contribution in [2.75, 3.05) is 5.73 Å². The van der Waals surface area contributed by atoms with Crippen LogP contribution in [0.5, 0.6) is 0 Å². The Labute approximate surface area is 76.4 Å². The number of rotatable bonds is 0. The quantitative estimate of drug-likeness (QED) is 0.657. The fourth-order valence-electron chi connectivity index (χ4n) is 1.38. The fraction of sp³-hybridized carbons (Fsp3) is 0.333. The van der Waals surface area contributed by atoms with Crippen LogP contribution in [0.4, 0.5) is 5.82 Å². The monoisotopic (exact) mass is 176 g/mol. The highest BCUT2D eigenvalue weighted by molar-refractivity contribution is 5.54. The summed E-state index contributed by atoms with van der Waals surface area (Å²) >= 11 is 0. The number of aryl methyl sites for hydroxylation is 3. The number of aromatic nitrogens is 3. The maximum atomic E-state index is 5.80. The predicted molar refractivity (Wildman–Crippen MR) is 51.6 cm³/mol. The number of hydrogen-bond donors (Lipinski definition) is 1. The second kappa shape index (κ2) is 2.45. The van der Waals surface area contributed by atoms with Crippen molar-refractivity contribution < 1.29 is 0 Å². The third-order valence-corrected chi connectivity index (χ3v) is 2.21. The van der Waals surface area contributed by atoms with E-state index >= 15 is 0 Å². The summed E-state index contributed by atoms with van der Waals surface area (Å²) in [4.78, 5) is 4.38. The van der Waals surface area contributed by atoms with Crippen molar-refractivity contribution in [3.05, 3.63) is 23.0 Å². The largest absolute Gasteiger partial charge is 0.384 e. The van der Waals surface area contributed by atoms with Crippen LogP contribution in [0.1, 0.15) is 17.0 Å². The highest BCUT2D eigenvalue weighted by Gasteiger charge is 2.08. The molecule has 0 aliphatic heterocycles. The molecule has 0 amide bonds. The molecule has 2 aromatic rings. The lowest BCUT2D eigenvalue weighted by molar-refractivity contribution is 0.921. The molecule has 4 heteroatoms. The first-order valence-electron chi connectivity index (χ1n) is 4.18. The van der Waals surface area contributed by atoms with Crippen LogP contribution < -0.4 is 5.73 Å².